The van der Waals surface area contributed by atoms with Gasteiger partial charge in [-0.15, -0.1) is 11.3 Å². The van der Waals surface area contributed by atoms with E-state index in [4.69, 9.17) is 0 Å². The second-order valence-corrected chi connectivity index (χ2v) is 3.51. The third kappa shape index (κ3) is 2.99. The van der Waals surface area contributed by atoms with Crippen LogP contribution in [-0.4, -0.2) is 11.6 Å². The maximum Gasteiger partial charge on any atom is 0.236 e. The lowest BCUT2D eigenvalue weighted by Gasteiger charge is -1.99. The van der Waals surface area contributed by atoms with E-state index in [1.54, 1.807) is 11.3 Å². The van der Waals surface area contributed by atoms with Crippen LogP contribution in [-0.2, 0) is 4.79 Å². The average molecular weight is 196 g/mol. The Morgan fingerprint density at radius 1 is 1.69 bits per heavy atom. The molecular formula is C9H12N2OS. The summed E-state index contributed by atoms with van der Waals surface area (Å²) < 4.78 is 0. The van der Waals surface area contributed by atoms with Crippen LogP contribution < -0.4 is 5.43 Å². The molecule has 0 fully saturated rings. The summed E-state index contributed by atoms with van der Waals surface area (Å²) in [5.74, 6) is -0.137. The topological polar surface area (TPSA) is 41.5 Å². The maximum absolute atomic E-state index is 10.6. The molecule has 0 spiro atoms. The fraction of sp³-hybridized carbons (Fsp3) is 0.333. The summed E-state index contributed by atoms with van der Waals surface area (Å²) >= 11 is 1.63. The highest BCUT2D eigenvalue weighted by atomic mass is 32.1. The molecule has 1 aromatic heterocycles. The first kappa shape index (κ1) is 9.92. The van der Waals surface area contributed by atoms with Crippen molar-refractivity contribution < 1.29 is 4.79 Å². The number of hydrazone groups is 1. The number of thiophene rings is 1. The van der Waals surface area contributed by atoms with Crippen molar-refractivity contribution in [2.45, 2.75) is 20.3 Å². The van der Waals surface area contributed by atoms with Crippen molar-refractivity contribution in [3.8, 4) is 0 Å². The summed E-state index contributed by atoms with van der Waals surface area (Å²) in [6.45, 7) is 3.46. The summed E-state index contributed by atoms with van der Waals surface area (Å²) in [5, 5.41) is 6.01. The molecule has 0 bridgehead atoms. The van der Waals surface area contributed by atoms with Gasteiger partial charge in [-0.05, 0) is 17.9 Å². The van der Waals surface area contributed by atoms with Crippen molar-refractivity contribution in [1.82, 2.24) is 5.43 Å². The Morgan fingerprint density at radius 2 is 2.46 bits per heavy atom. The molecule has 1 aromatic rings. The molecule has 0 atom stereocenters. The molecule has 3 nitrogen and oxygen atoms in total. The lowest BCUT2D eigenvalue weighted by molar-refractivity contribution is -0.118. The summed E-state index contributed by atoms with van der Waals surface area (Å²) in [6.07, 6.45) is 0.820. The molecule has 1 heterocycles. The number of nitrogens with one attached hydrogen (secondary N) is 1. The van der Waals surface area contributed by atoms with E-state index in [0.29, 0.717) is 0 Å². The molecule has 0 unspecified atom stereocenters. The normalized spacial score (nSPS) is 11.4. The Balaban J connectivity index is 2.73. The van der Waals surface area contributed by atoms with Crippen LogP contribution in [0.15, 0.2) is 22.6 Å². The standard InChI is InChI=1S/C9H12N2OS/c1-3-8(11-10-7(2)12)9-5-4-6-13-9/h4-6H,3H2,1-2H3,(H,10,12). The minimum atomic E-state index is -0.137. The van der Waals surface area contributed by atoms with E-state index in [1.807, 2.05) is 24.4 Å². The molecule has 0 aliphatic carbocycles. The van der Waals surface area contributed by atoms with Gasteiger partial charge in [0, 0.05) is 6.92 Å². The molecule has 13 heavy (non-hydrogen) atoms. The summed E-state index contributed by atoms with van der Waals surface area (Å²) in [4.78, 5) is 11.7. The first-order valence-corrected chi connectivity index (χ1v) is 4.99. The Bertz CT molecular complexity index is 303. The van der Waals surface area contributed by atoms with Crippen LogP contribution in [0.2, 0.25) is 0 Å². The zero-order chi connectivity index (χ0) is 9.68. The number of nitrogens with zero attached hydrogens (tertiary/aromatic N) is 1. The van der Waals surface area contributed by atoms with E-state index in [2.05, 4.69) is 10.5 Å². The Morgan fingerprint density at radius 3 is 2.92 bits per heavy atom. The van der Waals surface area contributed by atoms with Crippen molar-refractivity contribution in [3.05, 3.63) is 22.4 Å². The van der Waals surface area contributed by atoms with Gasteiger partial charge in [-0.2, -0.15) is 5.10 Å². The third-order valence-corrected chi connectivity index (χ3v) is 2.41. The van der Waals surface area contributed by atoms with Crippen molar-refractivity contribution in [3.63, 3.8) is 0 Å². The number of amides is 1. The zero-order valence-corrected chi connectivity index (χ0v) is 8.52. The van der Waals surface area contributed by atoms with E-state index < -0.39 is 0 Å². The minimum absolute atomic E-state index is 0.137. The molecule has 0 saturated heterocycles. The molecule has 0 radical (unpaired) electrons. The molecule has 1 rings (SSSR count). The predicted octanol–water partition coefficient (Wildman–Crippen LogP) is 2.00. The van der Waals surface area contributed by atoms with E-state index in [1.165, 1.54) is 6.92 Å². The van der Waals surface area contributed by atoms with E-state index >= 15 is 0 Å². The first-order valence-electron chi connectivity index (χ1n) is 4.11. The number of carbonyl (C=O) groups is 1. The highest BCUT2D eigenvalue weighted by molar-refractivity contribution is 7.12. The van der Waals surface area contributed by atoms with Crippen molar-refractivity contribution in [1.29, 1.82) is 0 Å². The van der Waals surface area contributed by atoms with E-state index in [0.717, 1.165) is 17.0 Å². The van der Waals surface area contributed by atoms with Crippen LogP contribution in [0.3, 0.4) is 0 Å². The smallest absolute Gasteiger partial charge is 0.236 e. The van der Waals surface area contributed by atoms with Crippen LogP contribution in [0.1, 0.15) is 25.1 Å². The van der Waals surface area contributed by atoms with Gasteiger partial charge < -0.3 is 0 Å². The quantitative estimate of drug-likeness (QED) is 0.583. The van der Waals surface area contributed by atoms with Crippen LogP contribution >= 0.6 is 11.3 Å². The monoisotopic (exact) mass is 196 g/mol. The molecule has 0 aliphatic rings. The molecule has 0 saturated carbocycles. The highest BCUT2D eigenvalue weighted by Gasteiger charge is 2.01. The van der Waals surface area contributed by atoms with E-state index in [-0.39, 0.29) is 5.91 Å². The van der Waals surface area contributed by atoms with Crippen LogP contribution in [0.25, 0.3) is 0 Å². The summed E-state index contributed by atoms with van der Waals surface area (Å²) in [5.41, 5.74) is 3.36. The summed E-state index contributed by atoms with van der Waals surface area (Å²) in [7, 11) is 0. The zero-order valence-electron chi connectivity index (χ0n) is 7.70. The Labute approximate surface area is 81.5 Å². The summed E-state index contributed by atoms with van der Waals surface area (Å²) in [6, 6.07) is 3.97. The van der Waals surface area contributed by atoms with Crippen LogP contribution in [0.5, 0.6) is 0 Å². The van der Waals surface area contributed by atoms with Crippen LogP contribution in [0.4, 0.5) is 0 Å². The van der Waals surface area contributed by atoms with Gasteiger partial charge in [-0.1, -0.05) is 13.0 Å². The predicted molar refractivity (Wildman–Crippen MR) is 55.0 cm³/mol. The average Bonchev–Trinajstić information content (AvgIpc) is 2.58. The number of hydrogen-bond acceptors (Lipinski definition) is 3. The molecule has 70 valence electrons. The second-order valence-electron chi connectivity index (χ2n) is 2.56. The molecule has 0 aliphatic heterocycles. The fourth-order valence-electron chi connectivity index (χ4n) is 0.897. The first-order chi connectivity index (χ1) is 6.24. The van der Waals surface area contributed by atoms with Crippen LogP contribution in [0, 0.1) is 0 Å². The van der Waals surface area contributed by atoms with Gasteiger partial charge in [0.1, 0.15) is 0 Å². The lowest BCUT2D eigenvalue weighted by Crippen LogP contribution is -2.15. The van der Waals surface area contributed by atoms with E-state index in [9.17, 15) is 4.79 Å². The number of hydrogen-bond donors (Lipinski definition) is 1. The van der Waals surface area contributed by atoms with Gasteiger partial charge in [-0.25, -0.2) is 5.43 Å². The molecular weight excluding hydrogens is 184 g/mol. The molecule has 4 heteroatoms. The van der Waals surface area contributed by atoms with Gasteiger partial charge in [-0.3, -0.25) is 4.79 Å². The SMILES string of the molecule is CCC(=NNC(C)=O)c1cccs1. The third-order valence-electron chi connectivity index (χ3n) is 1.49. The van der Waals surface area contributed by atoms with Crippen molar-refractivity contribution >= 4 is 23.0 Å². The Kier molecular flexibility index (Phi) is 3.64. The van der Waals surface area contributed by atoms with Gasteiger partial charge in [0.05, 0.1) is 10.6 Å². The Hall–Kier alpha value is -1.16. The maximum atomic E-state index is 10.6. The van der Waals surface area contributed by atoms with Crippen molar-refractivity contribution in [2.75, 3.05) is 0 Å². The van der Waals surface area contributed by atoms with Gasteiger partial charge in [0.2, 0.25) is 5.91 Å². The molecule has 1 amide bonds. The largest absolute Gasteiger partial charge is 0.274 e. The lowest BCUT2D eigenvalue weighted by atomic mass is 10.2. The number of rotatable bonds is 3. The number of carbonyl (C=O) groups excluding carboxylic acids is 1. The molecule has 1 N–H and O–H groups in total. The van der Waals surface area contributed by atoms with Gasteiger partial charge in [0.15, 0.2) is 0 Å². The highest BCUT2D eigenvalue weighted by Crippen LogP contribution is 2.11. The van der Waals surface area contributed by atoms with Crippen molar-refractivity contribution in [2.24, 2.45) is 5.10 Å². The fourth-order valence-corrected chi connectivity index (χ4v) is 1.68. The minimum Gasteiger partial charge on any atom is -0.274 e. The molecule has 0 aromatic carbocycles. The van der Waals surface area contributed by atoms with Gasteiger partial charge >= 0.3 is 0 Å². The van der Waals surface area contributed by atoms with Gasteiger partial charge in [0.25, 0.3) is 0 Å². The second kappa shape index (κ2) is 4.77.